The summed E-state index contributed by atoms with van der Waals surface area (Å²) in [5, 5.41) is 7.38. The zero-order valence-electron chi connectivity index (χ0n) is 16.6. The predicted octanol–water partition coefficient (Wildman–Crippen LogP) is 1.61. The minimum absolute atomic E-state index is 0.0365. The van der Waals surface area contributed by atoms with Gasteiger partial charge in [-0.2, -0.15) is 5.10 Å². The van der Waals surface area contributed by atoms with Crippen molar-refractivity contribution in [1.29, 1.82) is 0 Å². The number of carbonyl (C=O) groups excluding carboxylic acids is 2. The van der Waals surface area contributed by atoms with Gasteiger partial charge in [0.15, 0.2) is 0 Å². The van der Waals surface area contributed by atoms with Gasteiger partial charge in [0.2, 0.25) is 11.8 Å². The van der Waals surface area contributed by atoms with Gasteiger partial charge in [-0.1, -0.05) is 36.8 Å². The van der Waals surface area contributed by atoms with Crippen LogP contribution in [-0.4, -0.2) is 45.1 Å². The number of nitrogens with one attached hydrogen (secondary N) is 1. The third-order valence-electron chi connectivity index (χ3n) is 5.96. The van der Waals surface area contributed by atoms with E-state index in [1.165, 1.54) is 10.7 Å². The van der Waals surface area contributed by atoms with Crippen molar-refractivity contribution < 1.29 is 9.59 Å². The summed E-state index contributed by atoms with van der Waals surface area (Å²) in [5.41, 5.74) is 1.52. The van der Waals surface area contributed by atoms with E-state index in [2.05, 4.69) is 10.4 Å². The Morgan fingerprint density at radius 2 is 1.93 bits per heavy atom. The van der Waals surface area contributed by atoms with Crippen molar-refractivity contribution in [1.82, 2.24) is 20.0 Å². The average molecular weight is 394 g/mol. The molecule has 2 aliphatic heterocycles. The van der Waals surface area contributed by atoms with Crippen LogP contribution >= 0.6 is 0 Å². The molecule has 7 nitrogen and oxygen atoms in total. The lowest BCUT2D eigenvalue weighted by Crippen LogP contribution is -2.49. The molecular weight excluding hydrogens is 368 g/mol. The Kier molecular flexibility index (Phi) is 5.47. The molecule has 0 bridgehead atoms. The number of benzene rings is 1. The smallest absolute Gasteiger partial charge is 0.267 e. The topological polar surface area (TPSA) is 84.3 Å². The van der Waals surface area contributed by atoms with Crippen molar-refractivity contribution in [2.24, 2.45) is 0 Å². The van der Waals surface area contributed by atoms with Gasteiger partial charge in [-0.15, -0.1) is 0 Å². The predicted molar refractivity (Wildman–Crippen MR) is 108 cm³/mol. The van der Waals surface area contributed by atoms with Crippen LogP contribution < -0.4 is 10.9 Å². The molecule has 3 heterocycles. The molecule has 4 rings (SSSR count). The summed E-state index contributed by atoms with van der Waals surface area (Å²) in [4.78, 5) is 39.5. The minimum atomic E-state index is -0.287. The summed E-state index contributed by atoms with van der Waals surface area (Å²) in [6.07, 6.45) is 3.10. The highest BCUT2D eigenvalue weighted by molar-refractivity contribution is 5.79. The number of nitrogens with zero attached hydrogens (tertiary/aromatic N) is 3. The van der Waals surface area contributed by atoms with E-state index >= 15 is 0 Å². The lowest BCUT2D eigenvalue weighted by atomic mass is 9.88. The van der Waals surface area contributed by atoms with Crippen LogP contribution in [0, 0.1) is 6.92 Å². The fourth-order valence-electron chi connectivity index (χ4n) is 4.54. The Morgan fingerprint density at radius 3 is 2.72 bits per heavy atom. The number of rotatable bonds is 3. The van der Waals surface area contributed by atoms with E-state index in [0.717, 1.165) is 24.8 Å². The molecule has 0 radical (unpaired) electrons. The first-order valence-corrected chi connectivity index (χ1v) is 10.2. The number of carbonyl (C=O) groups is 2. The second kappa shape index (κ2) is 8.19. The van der Waals surface area contributed by atoms with Crippen LogP contribution in [0.4, 0.5) is 0 Å². The maximum atomic E-state index is 13.2. The normalized spacial score (nSPS) is 24.4. The maximum Gasteiger partial charge on any atom is 0.267 e. The molecule has 0 aliphatic carbocycles. The molecule has 2 aromatic rings. The van der Waals surface area contributed by atoms with E-state index in [1.807, 2.05) is 35.2 Å². The molecule has 0 unspecified atom stereocenters. The first-order valence-electron chi connectivity index (χ1n) is 10.2. The molecule has 0 spiro atoms. The molecule has 2 amide bonds. The number of fused-ring (bicyclic) bond motifs is 1. The fraction of sp³-hybridized carbons (Fsp3) is 0.455. The van der Waals surface area contributed by atoms with Gasteiger partial charge >= 0.3 is 0 Å². The summed E-state index contributed by atoms with van der Waals surface area (Å²) in [7, 11) is 0. The molecule has 1 aromatic carbocycles. The van der Waals surface area contributed by atoms with E-state index in [9.17, 15) is 14.4 Å². The zero-order valence-corrected chi connectivity index (χ0v) is 16.6. The van der Waals surface area contributed by atoms with Gasteiger partial charge in [0.05, 0.1) is 17.8 Å². The van der Waals surface area contributed by atoms with Gasteiger partial charge in [-0.05, 0) is 31.4 Å². The average Bonchev–Trinajstić information content (AvgIpc) is 3.04. The highest BCUT2D eigenvalue weighted by atomic mass is 16.2. The van der Waals surface area contributed by atoms with Crippen molar-refractivity contribution in [2.75, 3.05) is 6.54 Å². The van der Waals surface area contributed by atoms with Gasteiger partial charge in [-0.3, -0.25) is 14.4 Å². The van der Waals surface area contributed by atoms with E-state index in [1.54, 1.807) is 13.0 Å². The number of likely N-dealkylation sites (tertiary alicyclic amines) is 1. The fourth-order valence-corrected chi connectivity index (χ4v) is 4.54. The van der Waals surface area contributed by atoms with E-state index in [0.29, 0.717) is 18.7 Å². The van der Waals surface area contributed by atoms with Gasteiger partial charge in [0.1, 0.15) is 6.54 Å². The molecule has 1 N–H and O–H groups in total. The van der Waals surface area contributed by atoms with E-state index in [4.69, 9.17) is 0 Å². The Balaban J connectivity index is 1.63. The number of hydrogen-bond acceptors (Lipinski definition) is 4. The second-order valence-electron chi connectivity index (χ2n) is 7.94. The van der Waals surface area contributed by atoms with Crippen molar-refractivity contribution >= 4 is 11.8 Å². The molecule has 7 heteroatoms. The molecular formula is C22H26N4O3. The highest BCUT2D eigenvalue weighted by Gasteiger charge is 2.45. The van der Waals surface area contributed by atoms with Crippen molar-refractivity contribution in [2.45, 2.75) is 57.2 Å². The highest BCUT2D eigenvalue weighted by Crippen LogP contribution is 2.35. The van der Waals surface area contributed by atoms with E-state index < -0.39 is 0 Å². The Morgan fingerprint density at radius 1 is 1.14 bits per heavy atom. The second-order valence-corrected chi connectivity index (χ2v) is 7.94. The first-order chi connectivity index (χ1) is 14.0. The van der Waals surface area contributed by atoms with Gasteiger partial charge < -0.3 is 10.2 Å². The van der Waals surface area contributed by atoms with Gasteiger partial charge in [-0.25, -0.2) is 4.68 Å². The Hall–Kier alpha value is -2.96. The van der Waals surface area contributed by atoms with Crippen LogP contribution in [-0.2, 0) is 16.1 Å². The Bertz CT molecular complexity index is 956. The van der Waals surface area contributed by atoms with Crippen LogP contribution in [0.25, 0.3) is 0 Å². The molecule has 3 atom stereocenters. The first kappa shape index (κ1) is 19.4. The summed E-state index contributed by atoms with van der Waals surface area (Å²) in [6, 6.07) is 12.9. The lowest BCUT2D eigenvalue weighted by molar-refractivity contribution is -0.134. The van der Waals surface area contributed by atoms with Gasteiger partial charge in [0, 0.05) is 24.9 Å². The van der Waals surface area contributed by atoms with Crippen molar-refractivity contribution in [3.05, 3.63) is 64.1 Å². The molecule has 1 aromatic heterocycles. The summed E-state index contributed by atoms with van der Waals surface area (Å²) in [5.74, 6) is -0.0469. The molecule has 2 aliphatic rings. The lowest BCUT2D eigenvalue weighted by Gasteiger charge is -2.31. The number of amides is 2. The van der Waals surface area contributed by atoms with Crippen molar-refractivity contribution in [3.63, 3.8) is 0 Å². The number of aryl methyl sites for hydroxylation is 1. The van der Waals surface area contributed by atoms with Crippen LogP contribution in [0.1, 0.15) is 42.9 Å². The van der Waals surface area contributed by atoms with Crippen LogP contribution in [0.5, 0.6) is 0 Å². The molecule has 152 valence electrons. The largest absolute Gasteiger partial charge is 0.351 e. The maximum absolute atomic E-state index is 13.2. The van der Waals surface area contributed by atoms with E-state index in [-0.39, 0.29) is 41.9 Å². The summed E-state index contributed by atoms with van der Waals surface area (Å²) in [6.45, 7) is 2.24. The zero-order chi connectivity index (χ0) is 20.4. The third-order valence-corrected chi connectivity index (χ3v) is 5.96. The van der Waals surface area contributed by atoms with Crippen LogP contribution in [0.15, 0.2) is 47.3 Å². The summed E-state index contributed by atoms with van der Waals surface area (Å²) < 4.78 is 1.23. The monoisotopic (exact) mass is 394 g/mol. The summed E-state index contributed by atoms with van der Waals surface area (Å²) >= 11 is 0. The number of hydrogen-bond donors (Lipinski definition) is 1. The molecule has 0 saturated carbocycles. The quantitative estimate of drug-likeness (QED) is 0.857. The Labute approximate surface area is 169 Å². The van der Waals surface area contributed by atoms with Gasteiger partial charge in [0.25, 0.3) is 5.56 Å². The van der Waals surface area contributed by atoms with Crippen LogP contribution in [0.3, 0.4) is 0 Å². The third kappa shape index (κ3) is 4.09. The molecule has 29 heavy (non-hydrogen) atoms. The molecule has 2 saturated heterocycles. The number of aromatic nitrogens is 2. The standard InChI is InChI=1S/C22H26N4O3/c1-15-11-12-20(28)26(24-15)14-21(29)25-13-17(16-7-3-2-4-8-16)22-18(25)9-5-6-10-19(27)23-22/h2-4,7-8,11-12,17-18,22H,5-6,9-10,13-14H2,1H3,(H,23,27)/t17-,18+,22-/m0/s1. The van der Waals surface area contributed by atoms with Crippen LogP contribution in [0.2, 0.25) is 0 Å². The van der Waals surface area contributed by atoms with Crippen molar-refractivity contribution in [3.8, 4) is 0 Å². The molecule has 2 fully saturated rings. The SMILES string of the molecule is Cc1ccc(=O)n(CC(=O)N2C[C@@H](c3ccccc3)[C@@H]3NC(=O)CCCC[C@H]32)n1. The minimum Gasteiger partial charge on any atom is -0.351 e.